The van der Waals surface area contributed by atoms with Gasteiger partial charge < -0.3 is 9.47 Å². The third-order valence-electron chi connectivity index (χ3n) is 3.91. The number of hydrogen-bond acceptors (Lipinski definition) is 4. The number of esters is 2. The van der Waals surface area contributed by atoms with Crippen LogP contribution in [0.25, 0.3) is 0 Å². The summed E-state index contributed by atoms with van der Waals surface area (Å²) in [5, 5.41) is 0. The minimum Gasteiger partial charge on any atom is -0.459 e. The van der Waals surface area contributed by atoms with Crippen molar-refractivity contribution in [3.05, 3.63) is 36.0 Å². The van der Waals surface area contributed by atoms with Gasteiger partial charge in [0.15, 0.2) is 0 Å². The predicted octanol–water partition coefficient (Wildman–Crippen LogP) is 3.87. The molecule has 2 saturated heterocycles. The van der Waals surface area contributed by atoms with Gasteiger partial charge in [-0.2, -0.15) is 0 Å². The summed E-state index contributed by atoms with van der Waals surface area (Å²) in [5.41, 5.74) is 1.61. The summed E-state index contributed by atoms with van der Waals surface area (Å²) in [6.07, 6.45) is 9.89. The lowest BCUT2D eigenvalue weighted by atomic mass is 10.0. The predicted molar refractivity (Wildman–Crippen MR) is 86.2 cm³/mol. The van der Waals surface area contributed by atoms with Crippen LogP contribution in [0.2, 0.25) is 0 Å². The first-order valence-electron chi connectivity index (χ1n) is 7.90. The highest BCUT2D eigenvalue weighted by molar-refractivity contribution is 5.89. The third-order valence-corrected chi connectivity index (χ3v) is 3.91. The van der Waals surface area contributed by atoms with Crippen LogP contribution in [-0.4, -0.2) is 24.1 Å². The highest BCUT2D eigenvalue weighted by Gasteiger charge is 2.22. The molecule has 4 heteroatoms. The molecule has 22 heavy (non-hydrogen) atoms. The molecule has 0 bridgehead atoms. The molecule has 0 N–H and O–H groups in total. The smallest absolute Gasteiger partial charge is 0.334 e. The van der Waals surface area contributed by atoms with Gasteiger partial charge in [0, 0.05) is 11.1 Å². The number of carbonyl (C=O) groups is 2. The van der Waals surface area contributed by atoms with Crippen molar-refractivity contribution in [1.29, 1.82) is 0 Å². The van der Waals surface area contributed by atoms with E-state index in [0.29, 0.717) is 0 Å². The van der Waals surface area contributed by atoms with Crippen molar-refractivity contribution in [3.8, 4) is 0 Å². The fraction of sp³-hybridized carbons (Fsp3) is 0.556. The van der Waals surface area contributed by atoms with E-state index in [2.05, 4.69) is 6.58 Å². The Kier molecular flexibility index (Phi) is 7.64. The molecule has 0 aliphatic carbocycles. The van der Waals surface area contributed by atoms with E-state index in [1.807, 2.05) is 32.9 Å². The van der Waals surface area contributed by atoms with Gasteiger partial charge in [0.2, 0.25) is 0 Å². The maximum Gasteiger partial charge on any atom is 0.334 e. The molecule has 122 valence electrons. The topological polar surface area (TPSA) is 52.6 Å². The van der Waals surface area contributed by atoms with E-state index in [-0.39, 0.29) is 24.1 Å². The Morgan fingerprint density at radius 1 is 1.05 bits per heavy atom. The Balaban J connectivity index is 0.000000220. The third kappa shape index (κ3) is 5.17. The van der Waals surface area contributed by atoms with Crippen LogP contribution >= 0.6 is 0 Å². The number of cyclic esters (lactones) is 2. The monoisotopic (exact) mass is 306 g/mol. The Morgan fingerprint density at radius 2 is 1.59 bits per heavy atom. The van der Waals surface area contributed by atoms with Crippen molar-refractivity contribution in [1.82, 2.24) is 0 Å². The van der Waals surface area contributed by atoms with Gasteiger partial charge in [-0.25, -0.2) is 9.59 Å². The fourth-order valence-electron chi connectivity index (χ4n) is 2.35. The second kappa shape index (κ2) is 9.23. The second-order valence-corrected chi connectivity index (χ2v) is 5.32. The molecular weight excluding hydrogens is 280 g/mol. The van der Waals surface area contributed by atoms with Crippen molar-refractivity contribution in [2.45, 2.75) is 65.1 Å². The molecule has 2 unspecified atom stereocenters. The van der Waals surface area contributed by atoms with Crippen LogP contribution < -0.4 is 0 Å². The van der Waals surface area contributed by atoms with Crippen LogP contribution in [-0.2, 0) is 19.1 Å². The SMILES string of the molecule is C/C=C1\CCC(CC)OC1=O.C=CC1CC/C(=C\C)C(=O)O1. The van der Waals surface area contributed by atoms with Crippen LogP contribution in [0.5, 0.6) is 0 Å². The van der Waals surface area contributed by atoms with Gasteiger partial charge in [-0.3, -0.25) is 0 Å². The van der Waals surface area contributed by atoms with E-state index in [1.165, 1.54) is 0 Å². The normalized spacial score (nSPS) is 28.5. The van der Waals surface area contributed by atoms with Crippen LogP contribution in [0.1, 0.15) is 52.9 Å². The van der Waals surface area contributed by atoms with Gasteiger partial charge in [0.25, 0.3) is 0 Å². The Bertz CT molecular complexity index is 473. The van der Waals surface area contributed by atoms with Gasteiger partial charge in [0.05, 0.1) is 0 Å². The second-order valence-electron chi connectivity index (χ2n) is 5.32. The number of hydrogen-bond donors (Lipinski definition) is 0. The standard InChI is InChI=1S/C9H14O2.C9H12O2/c2*1-3-7-5-6-8(4-2)11-9(7)10/h3,8H,4-6H2,1-2H3;3-4,8H,2,5-6H2,1H3/b2*7-3+. The number of allylic oxidation sites excluding steroid dienone is 2. The number of carbonyl (C=O) groups excluding carboxylic acids is 2. The van der Waals surface area contributed by atoms with Crippen LogP contribution in [0.4, 0.5) is 0 Å². The summed E-state index contributed by atoms with van der Waals surface area (Å²) < 4.78 is 10.1. The van der Waals surface area contributed by atoms with Gasteiger partial charge in [-0.05, 0) is 46.0 Å². The molecule has 2 aliphatic heterocycles. The van der Waals surface area contributed by atoms with Crippen molar-refractivity contribution in [2.75, 3.05) is 0 Å². The van der Waals surface area contributed by atoms with E-state index in [4.69, 9.17) is 9.47 Å². The van der Waals surface area contributed by atoms with Crippen molar-refractivity contribution >= 4 is 11.9 Å². The molecule has 0 radical (unpaired) electrons. The molecule has 0 saturated carbocycles. The van der Waals surface area contributed by atoms with E-state index in [9.17, 15) is 9.59 Å². The summed E-state index contributed by atoms with van der Waals surface area (Å²) in [7, 11) is 0. The maximum atomic E-state index is 11.1. The first-order valence-corrected chi connectivity index (χ1v) is 7.90. The zero-order chi connectivity index (χ0) is 16.5. The minimum atomic E-state index is -0.191. The van der Waals surface area contributed by atoms with Gasteiger partial charge >= 0.3 is 11.9 Å². The Labute approximate surface area is 132 Å². The molecule has 0 aromatic heterocycles. The molecule has 2 fully saturated rings. The van der Waals surface area contributed by atoms with Crippen molar-refractivity contribution < 1.29 is 19.1 Å². The molecule has 0 aromatic rings. The molecule has 2 atom stereocenters. The first-order chi connectivity index (χ1) is 10.5. The zero-order valence-corrected chi connectivity index (χ0v) is 13.8. The average Bonchev–Trinajstić information content (AvgIpc) is 2.55. The van der Waals surface area contributed by atoms with Crippen molar-refractivity contribution in [3.63, 3.8) is 0 Å². The zero-order valence-electron chi connectivity index (χ0n) is 13.8. The molecule has 0 amide bonds. The summed E-state index contributed by atoms with van der Waals surface area (Å²) in [5.74, 6) is -0.311. The number of ether oxygens (including phenoxy) is 2. The maximum absolute atomic E-state index is 11.1. The first kappa shape index (κ1) is 18.2. The highest BCUT2D eigenvalue weighted by atomic mass is 16.5. The van der Waals surface area contributed by atoms with Gasteiger partial charge in [-0.1, -0.05) is 31.7 Å². The van der Waals surface area contributed by atoms with Crippen LogP contribution in [0.3, 0.4) is 0 Å². The molecule has 0 spiro atoms. The summed E-state index contributed by atoms with van der Waals surface area (Å²) >= 11 is 0. The summed E-state index contributed by atoms with van der Waals surface area (Å²) in [4.78, 5) is 22.2. The molecule has 2 aliphatic rings. The van der Waals surface area contributed by atoms with Crippen LogP contribution in [0.15, 0.2) is 36.0 Å². The Hall–Kier alpha value is -1.84. The lowest BCUT2D eigenvalue weighted by Gasteiger charge is -2.22. The van der Waals surface area contributed by atoms with Crippen LogP contribution in [0, 0.1) is 0 Å². The molecule has 2 rings (SSSR count). The van der Waals surface area contributed by atoms with E-state index < -0.39 is 0 Å². The van der Waals surface area contributed by atoms with E-state index >= 15 is 0 Å². The summed E-state index contributed by atoms with van der Waals surface area (Å²) in [6.45, 7) is 9.34. The highest BCUT2D eigenvalue weighted by Crippen LogP contribution is 2.21. The minimum absolute atomic E-state index is 0.0776. The van der Waals surface area contributed by atoms with Crippen molar-refractivity contribution in [2.24, 2.45) is 0 Å². The summed E-state index contributed by atoms with van der Waals surface area (Å²) in [6, 6.07) is 0. The number of rotatable bonds is 2. The average molecular weight is 306 g/mol. The Morgan fingerprint density at radius 3 is 2.00 bits per heavy atom. The van der Waals surface area contributed by atoms with E-state index in [0.717, 1.165) is 43.3 Å². The molecule has 0 aromatic carbocycles. The molecular formula is C18H26O4. The largest absolute Gasteiger partial charge is 0.459 e. The molecule has 4 nitrogen and oxygen atoms in total. The lowest BCUT2D eigenvalue weighted by Crippen LogP contribution is -2.24. The molecule has 2 heterocycles. The van der Waals surface area contributed by atoms with Gasteiger partial charge in [0.1, 0.15) is 12.2 Å². The lowest BCUT2D eigenvalue weighted by molar-refractivity contribution is -0.148. The van der Waals surface area contributed by atoms with Gasteiger partial charge in [-0.15, -0.1) is 0 Å². The quantitative estimate of drug-likeness (QED) is 0.441. The fourth-order valence-corrected chi connectivity index (χ4v) is 2.35. The van der Waals surface area contributed by atoms with E-state index in [1.54, 1.807) is 6.08 Å².